The van der Waals surface area contributed by atoms with E-state index in [0.717, 1.165) is 18.9 Å². The predicted octanol–water partition coefficient (Wildman–Crippen LogP) is 2.89. The monoisotopic (exact) mass is 261 g/mol. The molecule has 0 amide bonds. The lowest BCUT2D eigenvalue weighted by Crippen LogP contribution is -2.37. The fourth-order valence-electron chi connectivity index (χ4n) is 2.80. The van der Waals surface area contributed by atoms with Crippen molar-refractivity contribution >= 4 is 5.82 Å². The lowest BCUT2D eigenvalue weighted by molar-refractivity contribution is 0.260. The minimum atomic E-state index is 0.509. The van der Waals surface area contributed by atoms with Crippen LogP contribution in [-0.4, -0.2) is 29.7 Å². The molecule has 104 valence electrons. The van der Waals surface area contributed by atoms with Crippen LogP contribution in [-0.2, 0) is 0 Å². The molecular formula is C15H23N3O. The highest BCUT2D eigenvalue weighted by Crippen LogP contribution is 2.52. The summed E-state index contributed by atoms with van der Waals surface area (Å²) in [6.07, 6.45) is 9.02. The van der Waals surface area contributed by atoms with Crippen molar-refractivity contribution in [2.75, 3.05) is 24.6 Å². The van der Waals surface area contributed by atoms with Gasteiger partial charge in [-0.25, -0.2) is 0 Å². The van der Waals surface area contributed by atoms with E-state index in [1.165, 1.54) is 25.7 Å². The van der Waals surface area contributed by atoms with Crippen molar-refractivity contribution in [3.63, 3.8) is 0 Å². The molecule has 1 aromatic heterocycles. The molecule has 0 unspecified atom stereocenters. The van der Waals surface area contributed by atoms with Crippen molar-refractivity contribution in [2.45, 2.75) is 39.5 Å². The maximum absolute atomic E-state index is 5.67. The number of hydrogen-bond donors (Lipinski definition) is 0. The van der Waals surface area contributed by atoms with Gasteiger partial charge < -0.3 is 9.64 Å². The van der Waals surface area contributed by atoms with Gasteiger partial charge in [0, 0.05) is 13.1 Å². The van der Waals surface area contributed by atoms with Gasteiger partial charge >= 0.3 is 0 Å². The third kappa shape index (κ3) is 2.99. The van der Waals surface area contributed by atoms with Gasteiger partial charge in [-0.2, -0.15) is 4.98 Å². The summed E-state index contributed by atoms with van der Waals surface area (Å²) in [5.41, 5.74) is 0.606. The first-order chi connectivity index (χ1) is 9.17. The Kier molecular flexibility index (Phi) is 3.33. The van der Waals surface area contributed by atoms with Crippen LogP contribution in [0.15, 0.2) is 12.4 Å². The molecule has 0 atom stereocenters. The number of nitrogens with zero attached hydrogens (tertiary/aromatic N) is 3. The fourth-order valence-corrected chi connectivity index (χ4v) is 2.80. The highest BCUT2D eigenvalue weighted by atomic mass is 16.5. The molecule has 4 heteroatoms. The molecule has 0 bridgehead atoms. The first-order valence-corrected chi connectivity index (χ1v) is 7.37. The summed E-state index contributed by atoms with van der Waals surface area (Å²) in [5, 5.41) is 0. The maximum Gasteiger partial charge on any atom is 0.234 e. The standard InChI is InChI=1S/C15H23N3O/c1-12(2)10-19-14-9-16-8-13(17-14)18-7-3-4-15(11-18)5-6-15/h8-9,12H,3-7,10-11H2,1-2H3. The molecule has 2 aliphatic rings. The minimum Gasteiger partial charge on any atom is -0.476 e. The summed E-state index contributed by atoms with van der Waals surface area (Å²) in [4.78, 5) is 11.3. The zero-order valence-corrected chi connectivity index (χ0v) is 11.9. The van der Waals surface area contributed by atoms with E-state index in [9.17, 15) is 0 Å². The fraction of sp³-hybridized carbons (Fsp3) is 0.733. The predicted molar refractivity (Wildman–Crippen MR) is 75.5 cm³/mol. The van der Waals surface area contributed by atoms with Gasteiger partial charge in [-0.05, 0) is 37.0 Å². The molecule has 1 saturated heterocycles. The average molecular weight is 261 g/mol. The van der Waals surface area contributed by atoms with Crippen LogP contribution < -0.4 is 9.64 Å². The van der Waals surface area contributed by atoms with E-state index < -0.39 is 0 Å². The molecule has 1 saturated carbocycles. The van der Waals surface area contributed by atoms with Gasteiger partial charge in [0.05, 0.1) is 19.0 Å². The van der Waals surface area contributed by atoms with Crippen LogP contribution in [0.4, 0.5) is 5.82 Å². The Morgan fingerprint density at radius 1 is 1.32 bits per heavy atom. The molecule has 0 radical (unpaired) electrons. The number of ether oxygens (including phenoxy) is 1. The van der Waals surface area contributed by atoms with Crippen LogP contribution in [0, 0.1) is 11.3 Å². The smallest absolute Gasteiger partial charge is 0.234 e. The van der Waals surface area contributed by atoms with Gasteiger partial charge in [0.1, 0.15) is 0 Å². The van der Waals surface area contributed by atoms with Crippen molar-refractivity contribution < 1.29 is 4.74 Å². The molecule has 1 spiro atoms. The molecule has 0 N–H and O–H groups in total. The molecule has 1 aliphatic carbocycles. The number of hydrogen-bond acceptors (Lipinski definition) is 4. The van der Waals surface area contributed by atoms with Crippen molar-refractivity contribution in [3.8, 4) is 5.88 Å². The SMILES string of the molecule is CC(C)COc1cncc(N2CCCC3(CC3)C2)n1. The van der Waals surface area contributed by atoms with E-state index >= 15 is 0 Å². The van der Waals surface area contributed by atoms with Gasteiger partial charge in [0.2, 0.25) is 5.88 Å². The van der Waals surface area contributed by atoms with Crippen molar-refractivity contribution in [1.82, 2.24) is 9.97 Å². The summed E-state index contributed by atoms with van der Waals surface area (Å²) in [6, 6.07) is 0. The largest absolute Gasteiger partial charge is 0.476 e. The second-order valence-corrected chi connectivity index (χ2v) is 6.45. The van der Waals surface area contributed by atoms with E-state index in [1.54, 1.807) is 6.20 Å². The summed E-state index contributed by atoms with van der Waals surface area (Å²) in [5.74, 6) is 2.14. The molecule has 2 fully saturated rings. The van der Waals surface area contributed by atoms with E-state index in [-0.39, 0.29) is 0 Å². The van der Waals surface area contributed by atoms with Crippen LogP contribution in [0.3, 0.4) is 0 Å². The maximum atomic E-state index is 5.67. The van der Waals surface area contributed by atoms with Gasteiger partial charge in [0.25, 0.3) is 0 Å². The summed E-state index contributed by atoms with van der Waals surface area (Å²) >= 11 is 0. The molecule has 3 rings (SSSR count). The third-order valence-electron chi connectivity index (χ3n) is 4.11. The van der Waals surface area contributed by atoms with Crippen LogP contribution in [0.2, 0.25) is 0 Å². The molecule has 0 aromatic carbocycles. The lowest BCUT2D eigenvalue weighted by Gasteiger charge is -2.33. The van der Waals surface area contributed by atoms with E-state index in [4.69, 9.17) is 4.74 Å². The Bertz CT molecular complexity index is 443. The summed E-state index contributed by atoms with van der Waals surface area (Å²) in [7, 11) is 0. The minimum absolute atomic E-state index is 0.509. The zero-order valence-electron chi connectivity index (χ0n) is 11.9. The Morgan fingerprint density at radius 2 is 2.16 bits per heavy atom. The van der Waals surface area contributed by atoms with Crippen molar-refractivity contribution in [1.29, 1.82) is 0 Å². The van der Waals surface area contributed by atoms with Crippen LogP contribution in [0.5, 0.6) is 5.88 Å². The van der Waals surface area contributed by atoms with Crippen LogP contribution in [0.1, 0.15) is 39.5 Å². The first-order valence-electron chi connectivity index (χ1n) is 7.37. The number of aromatic nitrogens is 2. The van der Waals surface area contributed by atoms with E-state index in [0.29, 0.717) is 23.8 Å². The second kappa shape index (κ2) is 4.99. The Labute approximate surface area is 115 Å². The van der Waals surface area contributed by atoms with Crippen molar-refractivity contribution in [3.05, 3.63) is 12.4 Å². The molecule has 2 heterocycles. The Morgan fingerprint density at radius 3 is 2.89 bits per heavy atom. The molecule has 1 aromatic rings. The molecule has 1 aliphatic heterocycles. The highest BCUT2D eigenvalue weighted by molar-refractivity contribution is 5.39. The van der Waals surface area contributed by atoms with Crippen LogP contribution in [0.25, 0.3) is 0 Å². The normalized spacial score (nSPS) is 20.9. The average Bonchev–Trinajstić information content (AvgIpc) is 3.16. The van der Waals surface area contributed by atoms with Crippen molar-refractivity contribution in [2.24, 2.45) is 11.3 Å². The topological polar surface area (TPSA) is 38.2 Å². The molecule has 4 nitrogen and oxygen atoms in total. The first kappa shape index (κ1) is 12.7. The van der Waals surface area contributed by atoms with E-state index in [1.807, 2.05) is 6.20 Å². The van der Waals surface area contributed by atoms with Gasteiger partial charge in [-0.1, -0.05) is 13.8 Å². The zero-order chi connectivity index (χ0) is 13.3. The lowest BCUT2D eigenvalue weighted by atomic mass is 9.95. The van der Waals surface area contributed by atoms with E-state index in [2.05, 4.69) is 28.7 Å². The number of anilines is 1. The third-order valence-corrected chi connectivity index (χ3v) is 4.11. The van der Waals surface area contributed by atoms with Gasteiger partial charge in [-0.3, -0.25) is 4.98 Å². The highest BCUT2D eigenvalue weighted by Gasteiger charge is 2.45. The molecule has 19 heavy (non-hydrogen) atoms. The number of piperidine rings is 1. The number of rotatable bonds is 4. The Balaban J connectivity index is 1.68. The Hall–Kier alpha value is -1.32. The van der Waals surface area contributed by atoms with Gasteiger partial charge in [-0.15, -0.1) is 0 Å². The van der Waals surface area contributed by atoms with Crippen LogP contribution >= 0.6 is 0 Å². The quantitative estimate of drug-likeness (QED) is 0.835. The molecular weight excluding hydrogens is 238 g/mol. The summed E-state index contributed by atoms with van der Waals surface area (Å²) in [6.45, 7) is 7.22. The second-order valence-electron chi connectivity index (χ2n) is 6.45. The van der Waals surface area contributed by atoms with Gasteiger partial charge in [0.15, 0.2) is 5.82 Å². The summed E-state index contributed by atoms with van der Waals surface area (Å²) < 4.78 is 5.67.